The summed E-state index contributed by atoms with van der Waals surface area (Å²) in [5, 5.41) is 0.178. The minimum absolute atomic E-state index is 0.0186. The quantitative estimate of drug-likeness (QED) is 0.629. The molecule has 0 bridgehead atoms. The van der Waals surface area contributed by atoms with Gasteiger partial charge in [0.25, 0.3) is 0 Å². The van der Waals surface area contributed by atoms with Crippen molar-refractivity contribution >= 4 is 22.6 Å². The van der Waals surface area contributed by atoms with Gasteiger partial charge in [0.1, 0.15) is 17.1 Å². The molecule has 0 saturated carbocycles. The number of halogens is 3. The Hall–Kier alpha value is -2.01. The van der Waals surface area contributed by atoms with Crippen LogP contribution in [0.25, 0.3) is 22.2 Å². The number of hydrogen-bond acceptors (Lipinski definition) is 3. The zero-order chi connectivity index (χ0) is 12.7. The van der Waals surface area contributed by atoms with E-state index in [4.69, 9.17) is 16.0 Å². The summed E-state index contributed by atoms with van der Waals surface area (Å²) in [6.07, 6.45) is 2.29. The van der Waals surface area contributed by atoms with Crippen LogP contribution in [0.2, 0.25) is 5.28 Å². The normalized spacial score (nSPS) is 11.1. The molecular formula is C12H5ClF2N2O. The zero-order valence-corrected chi connectivity index (χ0v) is 9.58. The molecule has 0 aliphatic rings. The van der Waals surface area contributed by atoms with E-state index in [1.54, 1.807) is 0 Å². The summed E-state index contributed by atoms with van der Waals surface area (Å²) in [6.45, 7) is 0. The van der Waals surface area contributed by atoms with Gasteiger partial charge in [0.15, 0.2) is 5.82 Å². The van der Waals surface area contributed by atoms with E-state index in [0.717, 1.165) is 6.20 Å². The van der Waals surface area contributed by atoms with Gasteiger partial charge in [-0.3, -0.25) is 0 Å². The Morgan fingerprint density at radius 3 is 2.78 bits per heavy atom. The monoisotopic (exact) mass is 266 g/mol. The number of rotatable bonds is 1. The highest BCUT2D eigenvalue weighted by molar-refractivity contribution is 6.28. The molecule has 3 nitrogen and oxygen atoms in total. The van der Waals surface area contributed by atoms with Crippen LogP contribution < -0.4 is 0 Å². The molecule has 0 N–H and O–H groups in total. The number of fused-ring (bicyclic) bond motifs is 1. The van der Waals surface area contributed by atoms with E-state index in [1.807, 2.05) is 0 Å². The Morgan fingerprint density at radius 1 is 1.11 bits per heavy atom. The van der Waals surface area contributed by atoms with Crippen molar-refractivity contribution in [3.05, 3.63) is 47.6 Å². The first kappa shape index (κ1) is 11.1. The predicted octanol–water partition coefficient (Wildman–Crippen LogP) is 3.82. The van der Waals surface area contributed by atoms with Crippen molar-refractivity contribution in [1.82, 2.24) is 9.97 Å². The van der Waals surface area contributed by atoms with Crippen LogP contribution in [0.1, 0.15) is 0 Å². The van der Waals surface area contributed by atoms with Crippen LogP contribution in [-0.2, 0) is 0 Å². The van der Waals surface area contributed by atoms with Gasteiger partial charge in [-0.15, -0.1) is 0 Å². The third-order valence-corrected chi connectivity index (χ3v) is 2.72. The van der Waals surface area contributed by atoms with Crippen molar-refractivity contribution in [2.45, 2.75) is 0 Å². The number of aromatic nitrogens is 2. The van der Waals surface area contributed by atoms with Gasteiger partial charge in [-0.1, -0.05) is 0 Å². The maximum atomic E-state index is 13.7. The van der Waals surface area contributed by atoms with Crippen molar-refractivity contribution in [3.63, 3.8) is 0 Å². The zero-order valence-electron chi connectivity index (χ0n) is 8.82. The highest BCUT2D eigenvalue weighted by Crippen LogP contribution is 2.31. The van der Waals surface area contributed by atoms with Crippen molar-refractivity contribution < 1.29 is 13.2 Å². The molecule has 2 aromatic heterocycles. The topological polar surface area (TPSA) is 38.9 Å². The van der Waals surface area contributed by atoms with E-state index in [2.05, 4.69) is 9.97 Å². The van der Waals surface area contributed by atoms with Crippen LogP contribution in [0.15, 0.2) is 35.1 Å². The fourth-order valence-electron chi connectivity index (χ4n) is 1.75. The van der Waals surface area contributed by atoms with Crippen LogP contribution in [0.4, 0.5) is 8.78 Å². The lowest BCUT2D eigenvalue weighted by atomic mass is 10.1. The van der Waals surface area contributed by atoms with Gasteiger partial charge >= 0.3 is 0 Å². The molecule has 0 saturated heterocycles. The van der Waals surface area contributed by atoms with Crippen LogP contribution in [0.3, 0.4) is 0 Å². The molecule has 3 aromatic rings. The molecule has 0 fully saturated rings. The summed E-state index contributed by atoms with van der Waals surface area (Å²) >= 11 is 5.63. The summed E-state index contributed by atoms with van der Waals surface area (Å²) < 4.78 is 32.3. The minimum atomic E-state index is -0.649. The molecule has 18 heavy (non-hydrogen) atoms. The SMILES string of the molecule is Fc1cnc(Cl)nc1-c1ccc(F)c2ccoc12. The van der Waals surface area contributed by atoms with Gasteiger partial charge in [-0.2, -0.15) is 0 Å². The summed E-state index contributed by atoms with van der Waals surface area (Å²) in [6, 6.07) is 4.08. The average Bonchev–Trinajstić information content (AvgIpc) is 2.83. The van der Waals surface area contributed by atoms with Crippen molar-refractivity contribution in [2.75, 3.05) is 0 Å². The molecule has 0 aliphatic heterocycles. The highest BCUT2D eigenvalue weighted by Gasteiger charge is 2.16. The standard InChI is InChI=1S/C12H5ClF2N2O/c13-12-16-5-9(15)10(17-12)7-1-2-8(14)6-3-4-18-11(6)7/h1-5H. The molecule has 0 amide bonds. The predicted molar refractivity (Wildman–Crippen MR) is 62.2 cm³/mol. The molecule has 0 radical (unpaired) electrons. The summed E-state index contributed by atoms with van der Waals surface area (Å²) in [7, 11) is 0. The maximum Gasteiger partial charge on any atom is 0.223 e. The number of hydrogen-bond donors (Lipinski definition) is 0. The lowest BCUT2D eigenvalue weighted by Crippen LogP contribution is -1.93. The number of benzene rings is 1. The minimum Gasteiger partial charge on any atom is -0.464 e. The summed E-state index contributed by atoms with van der Waals surface area (Å²) in [5.74, 6) is -1.09. The first-order valence-corrected chi connectivity index (χ1v) is 5.39. The molecule has 0 unspecified atom stereocenters. The summed E-state index contributed by atoms with van der Waals surface area (Å²) in [5.41, 5.74) is 0.539. The molecule has 1 aromatic carbocycles. The van der Waals surface area contributed by atoms with E-state index in [0.29, 0.717) is 5.56 Å². The van der Waals surface area contributed by atoms with E-state index in [-0.39, 0.29) is 21.9 Å². The molecule has 2 heterocycles. The van der Waals surface area contributed by atoms with E-state index in [9.17, 15) is 8.78 Å². The fraction of sp³-hybridized carbons (Fsp3) is 0. The molecular weight excluding hydrogens is 262 g/mol. The Labute approximate surface area is 105 Å². The first-order valence-electron chi connectivity index (χ1n) is 5.01. The number of furan rings is 1. The van der Waals surface area contributed by atoms with Crippen LogP contribution in [0.5, 0.6) is 0 Å². The lowest BCUT2D eigenvalue weighted by molar-refractivity contribution is 0.605. The average molecular weight is 267 g/mol. The van der Waals surface area contributed by atoms with E-state index >= 15 is 0 Å². The second kappa shape index (κ2) is 4.03. The highest BCUT2D eigenvalue weighted by atomic mass is 35.5. The van der Waals surface area contributed by atoms with Crippen LogP contribution in [-0.4, -0.2) is 9.97 Å². The largest absolute Gasteiger partial charge is 0.464 e. The van der Waals surface area contributed by atoms with Gasteiger partial charge in [0.05, 0.1) is 17.8 Å². The molecule has 3 rings (SSSR count). The van der Waals surface area contributed by atoms with E-state index < -0.39 is 11.6 Å². The smallest absolute Gasteiger partial charge is 0.223 e. The number of nitrogens with zero attached hydrogens (tertiary/aromatic N) is 2. The van der Waals surface area contributed by atoms with Gasteiger partial charge in [-0.05, 0) is 29.8 Å². The Kier molecular flexibility index (Phi) is 2.48. The molecule has 6 heteroatoms. The van der Waals surface area contributed by atoms with E-state index in [1.165, 1.54) is 24.5 Å². The fourth-order valence-corrected chi connectivity index (χ4v) is 1.88. The summed E-state index contributed by atoms with van der Waals surface area (Å²) in [4.78, 5) is 7.32. The Morgan fingerprint density at radius 2 is 1.94 bits per heavy atom. The molecule has 90 valence electrons. The first-order chi connectivity index (χ1) is 8.66. The Bertz CT molecular complexity index is 742. The maximum absolute atomic E-state index is 13.7. The third-order valence-electron chi connectivity index (χ3n) is 2.53. The Balaban J connectivity index is 2.35. The van der Waals surface area contributed by atoms with Crippen molar-refractivity contribution in [2.24, 2.45) is 0 Å². The molecule has 0 aliphatic carbocycles. The van der Waals surface area contributed by atoms with Crippen molar-refractivity contribution in [1.29, 1.82) is 0 Å². The third kappa shape index (κ3) is 1.64. The lowest BCUT2D eigenvalue weighted by Gasteiger charge is -2.03. The van der Waals surface area contributed by atoms with Gasteiger partial charge < -0.3 is 4.42 Å². The van der Waals surface area contributed by atoms with Crippen LogP contribution >= 0.6 is 11.6 Å². The second-order valence-corrected chi connectivity index (χ2v) is 3.93. The molecule has 0 spiro atoms. The van der Waals surface area contributed by atoms with Crippen molar-refractivity contribution in [3.8, 4) is 11.3 Å². The second-order valence-electron chi connectivity index (χ2n) is 3.59. The van der Waals surface area contributed by atoms with Gasteiger partial charge in [0.2, 0.25) is 5.28 Å². The van der Waals surface area contributed by atoms with Crippen LogP contribution in [0, 0.1) is 11.6 Å². The van der Waals surface area contributed by atoms with Gasteiger partial charge in [0, 0.05) is 5.56 Å². The molecule has 0 atom stereocenters. The van der Waals surface area contributed by atoms with Gasteiger partial charge in [-0.25, -0.2) is 18.7 Å².